The number of benzene rings is 1. The minimum absolute atomic E-state index is 0.0988. The fourth-order valence-electron chi connectivity index (χ4n) is 5.51. The van der Waals surface area contributed by atoms with E-state index in [2.05, 4.69) is 4.90 Å². The summed E-state index contributed by atoms with van der Waals surface area (Å²) in [7, 11) is -3.67. The summed E-state index contributed by atoms with van der Waals surface area (Å²) in [5, 5.41) is 24.4. The second kappa shape index (κ2) is 11.5. The fraction of sp³-hybridized carbons (Fsp3) is 0.536. The van der Waals surface area contributed by atoms with Crippen LogP contribution in [0.4, 0.5) is 5.69 Å². The van der Waals surface area contributed by atoms with Gasteiger partial charge in [-0.15, -0.1) is 0 Å². The summed E-state index contributed by atoms with van der Waals surface area (Å²) < 4.78 is 26.9. The number of Topliss-reactive ketones (excluding diaryl/α,β-unsaturated/α-hetero) is 1. The van der Waals surface area contributed by atoms with E-state index in [0.717, 1.165) is 74.1 Å². The molecule has 0 spiro atoms. The molecule has 204 valence electrons. The van der Waals surface area contributed by atoms with Gasteiger partial charge >= 0.3 is 0 Å². The number of aliphatic hydroxyl groups excluding tert-OH is 2. The maximum absolute atomic E-state index is 13.3. The van der Waals surface area contributed by atoms with E-state index < -0.39 is 21.4 Å². The minimum atomic E-state index is -3.67. The highest BCUT2D eigenvalue weighted by Crippen LogP contribution is 2.43. The lowest BCUT2D eigenvalue weighted by Gasteiger charge is -2.34. The number of anilines is 1. The van der Waals surface area contributed by atoms with Gasteiger partial charge in [-0.25, -0.2) is 18.1 Å². The van der Waals surface area contributed by atoms with Crippen LogP contribution in [0.5, 0.6) is 0 Å². The monoisotopic (exact) mass is 540 g/mol. The van der Waals surface area contributed by atoms with Crippen molar-refractivity contribution in [3.8, 4) is 5.69 Å². The Morgan fingerprint density at radius 2 is 1.76 bits per heavy atom. The fourth-order valence-corrected chi connectivity index (χ4v) is 6.77. The van der Waals surface area contributed by atoms with Crippen molar-refractivity contribution in [1.29, 1.82) is 0 Å². The molecule has 1 saturated carbocycles. The predicted octanol–water partition coefficient (Wildman–Crippen LogP) is 3.27. The zero-order valence-corrected chi connectivity index (χ0v) is 22.4. The van der Waals surface area contributed by atoms with E-state index in [0.29, 0.717) is 17.5 Å². The first kappa shape index (κ1) is 26.8. The molecule has 1 aromatic carbocycles. The zero-order chi connectivity index (χ0) is 26.7. The van der Waals surface area contributed by atoms with Gasteiger partial charge in [-0.2, -0.15) is 5.10 Å². The number of pyridine rings is 1. The summed E-state index contributed by atoms with van der Waals surface area (Å²) in [5.41, 5.74) is 3.41. The first-order valence-corrected chi connectivity index (χ1v) is 15.4. The second-order valence-corrected chi connectivity index (χ2v) is 12.7. The molecule has 0 radical (unpaired) electrons. The van der Waals surface area contributed by atoms with Gasteiger partial charge in [0.1, 0.15) is 11.4 Å². The van der Waals surface area contributed by atoms with Gasteiger partial charge in [0.05, 0.1) is 28.2 Å². The van der Waals surface area contributed by atoms with Gasteiger partial charge in [-0.3, -0.25) is 4.79 Å². The van der Waals surface area contributed by atoms with E-state index in [9.17, 15) is 18.3 Å². The van der Waals surface area contributed by atoms with Crippen LogP contribution in [0.2, 0.25) is 0 Å². The van der Waals surface area contributed by atoms with Crippen molar-refractivity contribution in [2.45, 2.75) is 50.9 Å². The lowest BCUT2D eigenvalue weighted by Crippen LogP contribution is -2.34. The van der Waals surface area contributed by atoms with Crippen LogP contribution < -0.4 is 4.90 Å². The highest BCUT2D eigenvalue weighted by molar-refractivity contribution is 7.92. The quantitative estimate of drug-likeness (QED) is 0.355. The van der Waals surface area contributed by atoms with E-state index in [1.807, 2.05) is 30.3 Å². The number of piperidine rings is 1. The van der Waals surface area contributed by atoms with Crippen molar-refractivity contribution in [3.05, 3.63) is 47.8 Å². The maximum Gasteiger partial charge on any atom is 0.196 e. The van der Waals surface area contributed by atoms with Crippen LogP contribution in [0.1, 0.15) is 67.0 Å². The molecule has 38 heavy (non-hydrogen) atoms. The Bertz CT molecular complexity index is 1380. The van der Waals surface area contributed by atoms with Crippen LogP contribution in [-0.2, 0) is 9.84 Å². The minimum Gasteiger partial charge on any atom is -0.396 e. The Kier molecular flexibility index (Phi) is 8.11. The summed E-state index contributed by atoms with van der Waals surface area (Å²) in [6, 6.07) is 11.5. The van der Waals surface area contributed by atoms with E-state index in [-0.39, 0.29) is 31.1 Å². The van der Waals surface area contributed by atoms with Gasteiger partial charge in [0, 0.05) is 32.2 Å². The first-order chi connectivity index (χ1) is 18.4. The Hall–Kier alpha value is -2.82. The highest BCUT2D eigenvalue weighted by atomic mass is 32.2. The molecular formula is C28H36N4O5S. The number of sulfone groups is 1. The Labute approximate surface area is 223 Å². The summed E-state index contributed by atoms with van der Waals surface area (Å²) in [5.74, 6) is -0.637. The van der Waals surface area contributed by atoms with Gasteiger partial charge in [0.2, 0.25) is 0 Å². The smallest absolute Gasteiger partial charge is 0.196 e. The van der Waals surface area contributed by atoms with E-state index >= 15 is 0 Å². The van der Waals surface area contributed by atoms with Crippen LogP contribution in [-0.4, -0.2) is 77.0 Å². The van der Waals surface area contributed by atoms with Crippen molar-refractivity contribution in [2.24, 2.45) is 5.92 Å². The summed E-state index contributed by atoms with van der Waals surface area (Å²) in [4.78, 5) is 20.3. The third-order valence-electron chi connectivity index (χ3n) is 7.88. The lowest BCUT2D eigenvalue weighted by atomic mass is 9.81. The Morgan fingerprint density at radius 1 is 1.03 bits per heavy atom. The van der Waals surface area contributed by atoms with Crippen molar-refractivity contribution < 1.29 is 23.4 Å². The molecule has 3 heterocycles. The third kappa shape index (κ3) is 5.62. The molecule has 2 aliphatic rings. The number of para-hydroxylation sites is 1. The number of ketones is 1. The summed E-state index contributed by atoms with van der Waals surface area (Å²) >= 11 is 0. The standard InChI is InChI=1S/C28H36N4O5S/c33-15-5-17-38(36,37)19-25(35)23-18-24(31-13-10-20(11-14-31)12-16-34)26-27(21-6-4-7-21)30-32(28(26)29-23)22-8-2-1-3-9-22/h1-3,8-9,18,20-21,33-34H,4-7,10-17,19H2. The molecule has 3 aromatic rings. The topological polar surface area (TPSA) is 126 Å². The normalized spacial score (nSPS) is 17.2. The average Bonchev–Trinajstić information content (AvgIpc) is 3.26. The number of carbonyl (C=O) groups is 1. The van der Waals surface area contributed by atoms with E-state index in [1.165, 1.54) is 0 Å². The summed E-state index contributed by atoms with van der Waals surface area (Å²) in [6.45, 7) is 1.51. The van der Waals surface area contributed by atoms with E-state index in [4.69, 9.17) is 15.2 Å². The van der Waals surface area contributed by atoms with Crippen molar-refractivity contribution in [2.75, 3.05) is 42.7 Å². The van der Waals surface area contributed by atoms with Gasteiger partial charge in [0.15, 0.2) is 21.3 Å². The second-order valence-electron chi connectivity index (χ2n) is 10.5. The molecule has 0 unspecified atom stereocenters. The molecule has 0 atom stereocenters. The van der Waals surface area contributed by atoms with Crippen molar-refractivity contribution in [3.63, 3.8) is 0 Å². The molecule has 5 rings (SSSR count). The number of hydrogen-bond acceptors (Lipinski definition) is 8. The van der Waals surface area contributed by atoms with Crippen LogP contribution in [0.15, 0.2) is 36.4 Å². The highest BCUT2D eigenvalue weighted by Gasteiger charge is 2.32. The van der Waals surface area contributed by atoms with Crippen molar-refractivity contribution >= 4 is 32.3 Å². The van der Waals surface area contributed by atoms with Gasteiger partial charge in [-0.1, -0.05) is 24.6 Å². The largest absolute Gasteiger partial charge is 0.396 e. The maximum atomic E-state index is 13.3. The number of hydrogen-bond donors (Lipinski definition) is 2. The third-order valence-corrected chi connectivity index (χ3v) is 9.49. The molecule has 2 N–H and O–H groups in total. The van der Waals surface area contributed by atoms with Gasteiger partial charge in [0.25, 0.3) is 0 Å². The van der Waals surface area contributed by atoms with Crippen LogP contribution >= 0.6 is 0 Å². The zero-order valence-electron chi connectivity index (χ0n) is 21.6. The number of rotatable bonds is 11. The Morgan fingerprint density at radius 3 is 2.39 bits per heavy atom. The molecule has 2 aromatic heterocycles. The van der Waals surface area contributed by atoms with Crippen LogP contribution in [0.3, 0.4) is 0 Å². The van der Waals surface area contributed by atoms with E-state index in [1.54, 1.807) is 10.7 Å². The number of aliphatic hydroxyl groups is 2. The van der Waals surface area contributed by atoms with Crippen LogP contribution in [0.25, 0.3) is 16.7 Å². The SMILES string of the molecule is O=C(CS(=O)(=O)CCCO)c1cc(N2CCC(CCO)CC2)c2c(C3CCC3)nn(-c3ccccc3)c2n1. The molecule has 1 aliphatic carbocycles. The molecular weight excluding hydrogens is 504 g/mol. The lowest BCUT2D eigenvalue weighted by molar-refractivity contribution is 0.101. The van der Waals surface area contributed by atoms with Gasteiger partial charge < -0.3 is 15.1 Å². The summed E-state index contributed by atoms with van der Waals surface area (Å²) in [6.07, 6.45) is 6.03. The molecule has 0 amide bonds. The molecule has 10 heteroatoms. The number of carbonyl (C=O) groups excluding carboxylic acids is 1. The average molecular weight is 541 g/mol. The Balaban J connectivity index is 1.62. The molecule has 2 fully saturated rings. The van der Waals surface area contributed by atoms with Crippen LogP contribution in [0, 0.1) is 5.92 Å². The molecule has 0 bridgehead atoms. The van der Waals surface area contributed by atoms with Crippen molar-refractivity contribution in [1.82, 2.24) is 14.8 Å². The number of fused-ring (bicyclic) bond motifs is 1. The predicted molar refractivity (Wildman–Crippen MR) is 147 cm³/mol. The molecule has 1 aliphatic heterocycles. The van der Waals surface area contributed by atoms with Gasteiger partial charge in [-0.05, 0) is 62.6 Å². The number of aromatic nitrogens is 3. The molecule has 1 saturated heterocycles. The number of nitrogens with zero attached hydrogens (tertiary/aromatic N) is 4. The first-order valence-electron chi connectivity index (χ1n) is 13.6. The molecule has 9 nitrogen and oxygen atoms in total.